The van der Waals surface area contributed by atoms with Crippen LogP contribution < -0.4 is 5.32 Å². The van der Waals surface area contributed by atoms with E-state index in [-0.39, 0.29) is 6.04 Å². The molecule has 106 valence electrons. The van der Waals surface area contributed by atoms with Crippen molar-refractivity contribution in [1.29, 1.82) is 0 Å². The highest BCUT2D eigenvalue weighted by atomic mass is 32.2. The molecule has 0 radical (unpaired) electrons. The summed E-state index contributed by atoms with van der Waals surface area (Å²) < 4.78 is 22.1. The average molecular weight is 279 g/mol. The number of aliphatic carboxylic acids is 1. The molecule has 0 fully saturated rings. The van der Waals surface area contributed by atoms with E-state index in [0.29, 0.717) is 6.42 Å². The first-order chi connectivity index (χ1) is 7.98. The van der Waals surface area contributed by atoms with Gasteiger partial charge < -0.3 is 10.4 Å². The summed E-state index contributed by atoms with van der Waals surface area (Å²) in [6.45, 7) is 6.97. The quantitative estimate of drug-likeness (QED) is 0.740. The minimum absolute atomic E-state index is 0.150. The van der Waals surface area contributed by atoms with Crippen LogP contribution in [0.1, 0.15) is 41.0 Å². The lowest BCUT2D eigenvalue weighted by Gasteiger charge is -2.24. The van der Waals surface area contributed by atoms with Gasteiger partial charge in [-0.15, -0.1) is 0 Å². The molecule has 0 rings (SSSR count). The molecule has 0 aromatic heterocycles. The van der Waals surface area contributed by atoms with Gasteiger partial charge in [0, 0.05) is 6.04 Å². The van der Waals surface area contributed by atoms with Gasteiger partial charge in [-0.3, -0.25) is 9.59 Å². The topological polar surface area (TPSA) is 101 Å². The van der Waals surface area contributed by atoms with Gasteiger partial charge in [0.15, 0.2) is 14.6 Å². The summed E-state index contributed by atoms with van der Waals surface area (Å²) in [6.07, 6.45) is 0.667. The minimum atomic E-state index is -4.10. The van der Waals surface area contributed by atoms with Crippen LogP contribution in [0.15, 0.2) is 0 Å². The summed E-state index contributed by atoms with van der Waals surface area (Å²) in [5, 5.41) is 10.1. The first-order valence-electron chi connectivity index (χ1n) is 5.75. The number of nitrogens with one attached hydrogen (secondary N) is 1. The number of rotatable bonds is 6. The molecule has 7 heteroatoms. The molecule has 2 unspecified atom stereocenters. The van der Waals surface area contributed by atoms with Gasteiger partial charge in [-0.1, -0.05) is 6.92 Å². The molecule has 0 saturated heterocycles. The lowest BCUT2D eigenvalue weighted by molar-refractivity contribution is -0.139. The van der Waals surface area contributed by atoms with Crippen LogP contribution in [0.3, 0.4) is 0 Å². The zero-order chi connectivity index (χ0) is 14.7. The molecule has 0 bridgehead atoms. The van der Waals surface area contributed by atoms with E-state index < -0.39 is 31.7 Å². The minimum Gasteiger partial charge on any atom is -0.480 e. The van der Waals surface area contributed by atoms with Gasteiger partial charge in [0.1, 0.15) is 5.25 Å². The predicted molar refractivity (Wildman–Crippen MR) is 68.0 cm³/mol. The molecule has 0 aromatic carbocycles. The second-order valence-electron chi connectivity index (χ2n) is 4.82. The predicted octanol–water partition coefficient (Wildman–Crippen LogP) is 0.568. The molecular formula is C11H21NO5S. The maximum absolute atomic E-state index is 12.1. The van der Waals surface area contributed by atoms with E-state index in [1.165, 1.54) is 6.92 Å². The summed E-state index contributed by atoms with van der Waals surface area (Å²) in [4.78, 5) is 22.7. The Kier molecular flexibility index (Phi) is 5.34. The smallest absolute Gasteiger partial charge is 0.324 e. The fourth-order valence-corrected chi connectivity index (χ4v) is 2.64. The van der Waals surface area contributed by atoms with Crippen LogP contribution in [0.2, 0.25) is 0 Å². The Morgan fingerprint density at radius 1 is 1.28 bits per heavy atom. The second-order valence-corrected chi connectivity index (χ2v) is 7.64. The number of carboxylic acid groups (broad SMARTS) is 1. The van der Waals surface area contributed by atoms with E-state index in [0.717, 1.165) is 13.8 Å². The third-order valence-electron chi connectivity index (χ3n) is 3.06. The van der Waals surface area contributed by atoms with Crippen LogP contribution in [-0.4, -0.2) is 41.4 Å². The fraction of sp³-hybridized carbons (Fsp3) is 0.818. The Bertz CT molecular complexity index is 427. The second kappa shape index (κ2) is 5.69. The highest BCUT2D eigenvalue weighted by Crippen LogP contribution is 2.22. The summed E-state index contributed by atoms with van der Waals surface area (Å²) in [6, 6.07) is -0.150. The molecule has 0 aliphatic carbocycles. The van der Waals surface area contributed by atoms with Crippen LogP contribution in [0.25, 0.3) is 0 Å². The molecular weight excluding hydrogens is 258 g/mol. The molecule has 2 N–H and O–H groups in total. The fourth-order valence-electron chi connectivity index (χ4n) is 1.17. The van der Waals surface area contributed by atoms with Gasteiger partial charge in [-0.05, 0) is 34.1 Å². The van der Waals surface area contributed by atoms with Gasteiger partial charge in [0.25, 0.3) is 0 Å². The van der Waals surface area contributed by atoms with Gasteiger partial charge >= 0.3 is 5.97 Å². The summed E-state index contributed by atoms with van der Waals surface area (Å²) in [5.74, 6) is -2.13. The van der Waals surface area contributed by atoms with E-state index in [4.69, 9.17) is 5.11 Å². The SMILES string of the molecule is CCC(C)NC(=O)C(C)S(=O)(=O)C(C)(C)C(=O)O. The first-order valence-corrected chi connectivity index (χ1v) is 7.30. The Balaban J connectivity index is 5.15. The van der Waals surface area contributed by atoms with Crippen LogP contribution in [-0.2, 0) is 19.4 Å². The zero-order valence-electron chi connectivity index (χ0n) is 11.4. The van der Waals surface area contributed by atoms with Crippen molar-refractivity contribution in [3.8, 4) is 0 Å². The molecule has 2 atom stereocenters. The summed E-state index contributed by atoms with van der Waals surface area (Å²) >= 11 is 0. The number of carboxylic acids is 1. The van der Waals surface area contributed by atoms with Crippen LogP contribution in [0.4, 0.5) is 0 Å². The lowest BCUT2D eigenvalue weighted by Crippen LogP contribution is -2.51. The lowest BCUT2D eigenvalue weighted by atomic mass is 10.2. The number of carbonyl (C=O) groups is 2. The van der Waals surface area contributed by atoms with Crippen molar-refractivity contribution < 1.29 is 23.1 Å². The van der Waals surface area contributed by atoms with Gasteiger partial charge in [-0.2, -0.15) is 0 Å². The average Bonchev–Trinajstić information content (AvgIpc) is 2.26. The molecule has 6 nitrogen and oxygen atoms in total. The Morgan fingerprint density at radius 2 is 1.72 bits per heavy atom. The maximum Gasteiger partial charge on any atom is 0.324 e. The van der Waals surface area contributed by atoms with Gasteiger partial charge in [0.2, 0.25) is 5.91 Å². The van der Waals surface area contributed by atoms with E-state index in [2.05, 4.69) is 5.32 Å². The monoisotopic (exact) mass is 279 g/mol. The van der Waals surface area contributed by atoms with Crippen molar-refractivity contribution in [2.45, 2.75) is 57.1 Å². The number of sulfone groups is 1. The van der Waals surface area contributed by atoms with Crippen molar-refractivity contribution in [2.75, 3.05) is 0 Å². The number of hydrogen-bond donors (Lipinski definition) is 2. The van der Waals surface area contributed by atoms with E-state index in [1.807, 2.05) is 6.92 Å². The van der Waals surface area contributed by atoms with Gasteiger partial charge in [-0.25, -0.2) is 8.42 Å². The summed E-state index contributed by atoms with van der Waals surface area (Å²) in [5.41, 5.74) is 0. The standard InChI is InChI=1S/C11H21NO5S/c1-6-7(2)12-9(13)8(3)18(16,17)11(4,5)10(14)15/h7-8H,6H2,1-5H3,(H,12,13)(H,14,15). The van der Waals surface area contributed by atoms with Crippen molar-refractivity contribution >= 4 is 21.7 Å². The normalized spacial score (nSPS) is 15.8. The molecule has 0 aliphatic heterocycles. The highest BCUT2D eigenvalue weighted by molar-refractivity contribution is 7.94. The van der Waals surface area contributed by atoms with Crippen LogP contribution in [0.5, 0.6) is 0 Å². The van der Waals surface area contributed by atoms with E-state index >= 15 is 0 Å². The van der Waals surface area contributed by atoms with Crippen molar-refractivity contribution in [2.24, 2.45) is 0 Å². The van der Waals surface area contributed by atoms with Gasteiger partial charge in [0.05, 0.1) is 0 Å². The molecule has 0 saturated carbocycles. The van der Waals surface area contributed by atoms with Crippen LogP contribution in [0, 0.1) is 0 Å². The molecule has 0 heterocycles. The summed E-state index contributed by atoms with van der Waals surface area (Å²) in [7, 11) is -4.10. The first kappa shape index (κ1) is 16.9. The third-order valence-corrected chi connectivity index (χ3v) is 5.80. The molecule has 18 heavy (non-hydrogen) atoms. The van der Waals surface area contributed by atoms with Crippen molar-refractivity contribution in [3.05, 3.63) is 0 Å². The third kappa shape index (κ3) is 3.22. The molecule has 0 aliphatic rings. The molecule has 1 amide bonds. The Hall–Kier alpha value is -1.11. The van der Waals surface area contributed by atoms with Crippen molar-refractivity contribution in [1.82, 2.24) is 5.32 Å². The van der Waals surface area contributed by atoms with Crippen molar-refractivity contribution in [3.63, 3.8) is 0 Å². The number of hydrogen-bond acceptors (Lipinski definition) is 4. The zero-order valence-corrected chi connectivity index (χ0v) is 12.2. The van der Waals surface area contributed by atoms with Crippen LogP contribution >= 0.6 is 0 Å². The number of amides is 1. The molecule has 0 aromatic rings. The number of carbonyl (C=O) groups excluding carboxylic acids is 1. The highest BCUT2D eigenvalue weighted by Gasteiger charge is 2.47. The molecule has 0 spiro atoms. The Morgan fingerprint density at radius 3 is 2.06 bits per heavy atom. The largest absolute Gasteiger partial charge is 0.480 e. The maximum atomic E-state index is 12.1. The van der Waals surface area contributed by atoms with E-state index in [9.17, 15) is 18.0 Å². The Labute approximate surface area is 108 Å². The van der Waals surface area contributed by atoms with E-state index in [1.54, 1.807) is 6.92 Å².